The number of nitrogens with zero attached hydrogens (tertiary/aromatic N) is 2. The van der Waals surface area contributed by atoms with Crippen LogP contribution in [0.4, 0.5) is 0 Å². The molecule has 2 heterocycles. The molecule has 0 unspecified atom stereocenters. The van der Waals surface area contributed by atoms with E-state index in [2.05, 4.69) is 206 Å². The van der Waals surface area contributed by atoms with Crippen LogP contribution in [0.1, 0.15) is 0 Å². The van der Waals surface area contributed by atoms with E-state index in [-0.39, 0.29) is 0 Å². The molecular weight excluding hydrogens is 780 g/mol. The third-order valence-electron chi connectivity index (χ3n) is 7.37. The average Bonchev–Trinajstić information content (AvgIpc) is 3.50. The molecule has 42 heavy (non-hydrogen) atoms. The van der Waals surface area contributed by atoms with Crippen molar-refractivity contribution in [2.24, 2.45) is 0 Å². The number of halogens is 4. The van der Waals surface area contributed by atoms with Crippen molar-refractivity contribution in [1.29, 1.82) is 0 Å². The summed E-state index contributed by atoms with van der Waals surface area (Å²) in [4.78, 5) is 0. The highest BCUT2D eigenvalue weighted by molar-refractivity contribution is 9.11. The number of aromatic nitrogens is 2. The van der Waals surface area contributed by atoms with Gasteiger partial charge in [0.25, 0.3) is 0 Å². The lowest BCUT2D eigenvalue weighted by Gasteiger charge is -2.09. The van der Waals surface area contributed by atoms with E-state index in [1.807, 2.05) is 0 Å². The fraction of sp³-hybridized carbons (Fsp3) is 0. The molecule has 0 fully saturated rings. The van der Waals surface area contributed by atoms with E-state index in [0.717, 1.165) is 29.3 Å². The van der Waals surface area contributed by atoms with Crippen molar-refractivity contribution in [3.05, 3.63) is 151 Å². The Bertz CT molecular complexity index is 1950. The highest BCUT2D eigenvalue weighted by Gasteiger charge is 2.13. The summed E-state index contributed by atoms with van der Waals surface area (Å²) in [5, 5.41) is 5.13. The number of para-hydroxylation sites is 4. The summed E-state index contributed by atoms with van der Waals surface area (Å²) in [5.74, 6) is 0. The van der Waals surface area contributed by atoms with Gasteiger partial charge in [-0.3, -0.25) is 0 Å². The highest BCUT2D eigenvalue weighted by atomic mass is 79.9. The Balaban J connectivity index is 0.000000137. The fourth-order valence-corrected chi connectivity index (χ4v) is 8.28. The van der Waals surface area contributed by atoms with Crippen LogP contribution in [0.25, 0.3) is 55.0 Å². The quantitative estimate of drug-likeness (QED) is 0.165. The van der Waals surface area contributed by atoms with Gasteiger partial charge in [0, 0.05) is 50.8 Å². The number of fused-ring (bicyclic) bond motifs is 6. The minimum Gasteiger partial charge on any atom is -0.309 e. The van der Waals surface area contributed by atoms with Gasteiger partial charge >= 0.3 is 0 Å². The van der Waals surface area contributed by atoms with E-state index in [0.29, 0.717) is 0 Å². The molecule has 0 aliphatic heterocycles. The second-order valence-electron chi connectivity index (χ2n) is 9.99. The van der Waals surface area contributed by atoms with Crippen LogP contribution in [0, 0.1) is 0 Å². The van der Waals surface area contributed by atoms with E-state index in [4.69, 9.17) is 0 Å². The number of benzene rings is 6. The monoisotopic (exact) mass is 798 g/mol. The standard InChI is InChI=1S/2C18H11Br2N/c2*19-12-9-13(20)11-14(10-12)21-17-7-3-1-5-15(17)16-6-2-4-8-18(16)21/h2*1-11H. The van der Waals surface area contributed by atoms with Gasteiger partial charge in [-0.25, -0.2) is 0 Å². The first kappa shape index (κ1) is 27.7. The van der Waals surface area contributed by atoms with Gasteiger partial charge in [0.2, 0.25) is 0 Å². The SMILES string of the molecule is Brc1cc(Br)cc(-n2c3ccccc3c3ccccc32)c1.Brc1cc(Br)cc(-n2c3ccccc3c3ccccc32)c1. The van der Waals surface area contributed by atoms with Crippen molar-refractivity contribution in [1.82, 2.24) is 9.13 Å². The predicted octanol–water partition coefficient (Wildman–Crippen LogP) is 12.6. The van der Waals surface area contributed by atoms with Crippen molar-refractivity contribution >= 4 is 107 Å². The van der Waals surface area contributed by atoms with Crippen molar-refractivity contribution < 1.29 is 0 Å². The Labute approximate surface area is 277 Å². The molecule has 6 aromatic carbocycles. The molecule has 2 nitrogen and oxygen atoms in total. The third kappa shape index (κ3) is 5.05. The molecular formula is C36H22Br4N2. The molecule has 0 aliphatic rings. The maximum absolute atomic E-state index is 3.58. The van der Waals surface area contributed by atoms with Crippen LogP contribution in [0.3, 0.4) is 0 Å². The van der Waals surface area contributed by atoms with E-state index >= 15 is 0 Å². The number of hydrogen-bond donors (Lipinski definition) is 0. The normalized spacial score (nSPS) is 11.3. The summed E-state index contributed by atoms with van der Waals surface area (Å²) in [6.07, 6.45) is 0. The van der Waals surface area contributed by atoms with Crippen LogP contribution in [-0.2, 0) is 0 Å². The van der Waals surface area contributed by atoms with Crippen LogP contribution < -0.4 is 0 Å². The Morgan fingerprint density at radius 3 is 0.810 bits per heavy atom. The zero-order valence-electron chi connectivity index (χ0n) is 22.1. The molecule has 0 radical (unpaired) electrons. The first-order chi connectivity index (χ1) is 20.5. The van der Waals surface area contributed by atoms with Crippen LogP contribution in [0.2, 0.25) is 0 Å². The van der Waals surface area contributed by atoms with Gasteiger partial charge in [0.05, 0.1) is 22.1 Å². The Morgan fingerprint density at radius 1 is 0.310 bits per heavy atom. The van der Waals surface area contributed by atoms with Gasteiger partial charge in [-0.1, -0.05) is 137 Å². The van der Waals surface area contributed by atoms with Crippen molar-refractivity contribution in [3.8, 4) is 11.4 Å². The Hall–Kier alpha value is -3.16. The topological polar surface area (TPSA) is 9.86 Å². The van der Waals surface area contributed by atoms with E-state index in [9.17, 15) is 0 Å². The summed E-state index contributed by atoms with van der Waals surface area (Å²) >= 11 is 14.3. The molecule has 0 N–H and O–H groups in total. The first-order valence-corrected chi connectivity index (χ1v) is 16.5. The van der Waals surface area contributed by atoms with Crippen molar-refractivity contribution in [2.75, 3.05) is 0 Å². The molecule has 0 aliphatic carbocycles. The largest absolute Gasteiger partial charge is 0.309 e. The van der Waals surface area contributed by atoms with Crippen LogP contribution in [-0.4, -0.2) is 9.13 Å². The number of rotatable bonds is 2. The highest BCUT2D eigenvalue weighted by Crippen LogP contribution is 2.35. The summed E-state index contributed by atoms with van der Waals surface area (Å²) < 4.78 is 8.87. The predicted molar refractivity (Wildman–Crippen MR) is 192 cm³/mol. The molecule has 0 atom stereocenters. The van der Waals surface area contributed by atoms with E-state index in [1.165, 1.54) is 43.6 Å². The molecule has 8 rings (SSSR count). The lowest BCUT2D eigenvalue weighted by Crippen LogP contribution is -1.93. The lowest BCUT2D eigenvalue weighted by molar-refractivity contribution is 1.17. The van der Waals surface area contributed by atoms with E-state index in [1.54, 1.807) is 0 Å². The van der Waals surface area contributed by atoms with Gasteiger partial charge in [0.1, 0.15) is 0 Å². The molecule has 0 spiro atoms. The maximum atomic E-state index is 3.58. The summed E-state index contributed by atoms with van der Waals surface area (Å²) in [7, 11) is 0. The van der Waals surface area contributed by atoms with Crippen molar-refractivity contribution in [3.63, 3.8) is 0 Å². The Kier molecular flexibility index (Phi) is 7.57. The molecule has 0 saturated carbocycles. The molecule has 0 bridgehead atoms. The van der Waals surface area contributed by atoms with E-state index < -0.39 is 0 Å². The molecule has 0 saturated heterocycles. The molecule has 6 heteroatoms. The smallest absolute Gasteiger partial charge is 0.0541 e. The van der Waals surface area contributed by atoms with Crippen molar-refractivity contribution in [2.45, 2.75) is 0 Å². The average molecular weight is 802 g/mol. The first-order valence-electron chi connectivity index (χ1n) is 13.4. The second kappa shape index (κ2) is 11.5. The van der Waals surface area contributed by atoms with Crippen LogP contribution >= 0.6 is 63.7 Å². The second-order valence-corrected chi connectivity index (χ2v) is 13.7. The zero-order chi connectivity index (χ0) is 28.8. The third-order valence-corrected chi connectivity index (χ3v) is 9.20. The zero-order valence-corrected chi connectivity index (χ0v) is 28.5. The Morgan fingerprint density at radius 2 is 0.548 bits per heavy atom. The minimum absolute atomic E-state index is 1.06. The van der Waals surface area contributed by atoms with Gasteiger partial charge in [-0.2, -0.15) is 0 Å². The van der Waals surface area contributed by atoms with Gasteiger partial charge in [-0.05, 0) is 60.7 Å². The molecule has 0 amide bonds. The maximum Gasteiger partial charge on any atom is 0.0541 e. The summed E-state index contributed by atoms with van der Waals surface area (Å²) in [6, 6.07) is 46.8. The summed E-state index contributed by atoms with van der Waals surface area (Å²) in [5.41, 5.74) is 7.20. The molecule has 8 aromatic rings. The summed E-state index contributed by atoms with van der Waals surface area (Å²) in [6.45, 7) is 0. The van der Waals surface area contributed by atoms with Crippen LogP contribution in [0.15, 0.2) is 151 Å². The lowest BCUT2D eigenvalue weighted by atomic mass is 10.2. The fourth-order valence-electron chi connectivity index (χ4n) is 5.74. The van der Waals surface area contributed by atoms with Gasteiger partial charge < -0.3 is 9.13 Å². The minimum atomic E-state index is 1.06. The van der Waals surface area contributed by atoms with Gasteiger partial charge in [-0.15, -0.1) is 0 Å². The van der Waals surface area contributed by atoms with Gasteiger partial charge in [0.15, 0.2) is 0 Å². The molecule has 2 aromatic heterocycles. The number of hydrogen-bond acceptors (Lipinski definition) is 0. The molecule has 204 valence electrons. The van der Waals surface area contributed by atoms with Crippen LogP contribution in [0.5, 0.6) is 0 Å².